The number of amides is 2. The second-order valence-corrected chi connectivity index (χ2v) is 12.6. The Labute approximate surface area is 234 Å². The van der Waals surface area contributed by atoms with Crippen LogP contribution in [0.15, 0.2) is 77.7 Å². The molecule has 10 heteroatoms. The minimum Gasteiger partial charge on any atom is -0.350 e. The van der Waals surface area contributed by atoms with Gasteiger partial charge in [0.2, 0.25) is 11.8 Å². The van der Waals surface area contributed by atoms with Gasteiger partial charge in [0.15, 0.2) is 0 Å². The average Bonchev–Trinajstić information content (AvgIpc) is 2.86. The molecule has 3 aromatic carbocycles. The predicted octanol–water partition coefficient (Wildman–Crippen LogP) is 5.31. The van der Waals surface area contributed by atoms with Crippen LogP contribution in [0.3, 0.4) is 0 Å². The van der Waals surface area contributed by atoms with E-state index in [0.29, 0.717) is 10.6 Å². The summed E-state index contributed by atoms with van der Waals surface area (Å²) in [4.78, 5) is 28.2. The highest BCUT2D eigenvalue weighted by Crippen LogP contribution is 2.29. The van der Waals surface area contributed by atoms with Gasteiger partial charge in [-0.1, -0.05) is 48.0 Å². The van der Waals surface area contributed by atoms with E-state index >= 15 is 0 Å². The van der Waals surface area contributed by atoms with E-state index in [-0.39, 0.29) is 22.7 Å². The van der Waals surface area contributed by atoms with Crippen LogP contribution in [0.5, 0.6) is 0 Å². The van der Waals surface area contributed by atoms with Crippen LogP contribution < -0.4 is 9.62 Å². The van der Waals surface area contributed by atoms with E-state index in [4.69, 9.17) is 11.6 Å². The Morgan fingerprint density at radius 1 is 1.00 bits per heavy atom. The molecule has 0 radical (unpaired) electrons. The predicted molar refractivity (Wildman–Crippen MR) is 151 cm³/mol. The van der Waals surface area contributed by atoms with E-state index in [1.54, 1.807) is 64.1 Å². The molecule has 0 bridgehead atoms. The number of rotatable bonds is 9. The third kappa shape index (κ3) is 7.58. The van der Waals surface area contributed by atoms with Crippen molar-refractivity contribution in [3.8, 4) is 0 Å². The maximum absolute atomic E-state index is 14.6. The van der Waals surface area contributed by atoms with Gasteiger partial charge in [0.25, 0.3) is 10.0 Å². The molecule has 0 fully saturated rings. The SMILES string of the molecule is Cc1cc(Cl)ccc1N(CC(=O)N(Cc1ccccc1F)C(C)C(=O)NC(C)(C)C)S(=O)(=O)c1ccccc1. The number of carbonyl (C=O) groups is 2. The van der Waals surface area contributed by atoms with Gasteiger partial charge >= 0.3 is 0 Å². The van der Waals surface area contributed by atoms with Crippen molar-refractivity contribution in [2.24, 2.45) is 0 Å². The molecule has 0 spiro atoms. The lowest BCUT2D eigenvalue weighted by atomic mass is 10.1. The van der Waals surface area contributed by atoms with Gasteiger partial charge in [0, 0.05) is 22.7 Å². The number of hydrogen-bond acceptors (Lipinski definition) is 4. The molecule has 7 nitrogen and oxygen atoms in total. The van der Waals surface area contributed by atoms with Crippen molar-refractivity contribution in [1.29, 1.82) is 0 Å². The molecule has 0 saturated heterocycles. The molecule has 0 aromatic heterocycles. The van der Waals surface area contributed by atoms with Crippen molar-refractivity contribution < 1.29 is 22.4 Å². The van der Waals surface area contributed by atoms with Crippen LogP contribution in [0.1, 0.15) is 38.8 Å². The maximum atomic E-state index is 14.6. The van der Waals surface area contributed by atoms with E-state index in [1.165, 1.54) is 48.2 Å². The monoisotopic (exact) mass is 573 g/mol. The molecule has 1 N–H and O–H groups in total. The van der Waals surface area contributed by atoms with Gasteiger partial charge in [0.1, 0.15) is 18.4 Å². The van der Waals surface area contributed by atoms with Gasteiger partial charge < -0.3 is 10.2 Å². The Morgan fingerprint density at radius 2 is 1.62 bits per heavy atom. The normalized spacial score (nSPS) is 12.5. The van der Waals surface area contributed by atoms with Crippen LogP contribution in [0.4, 0.5) is 10.1 Å². The number of nitrogens with zero attached hydrogens (tertiary/aromatic N) is 2. The van der Waals surface area contributed by atoms with Crippen molar-refractivity contribution in [2.75, 3.05) is 10.8 Å². The lowest BCUT2D eigenvalue weighted by molar-refractivity contribution is -0.140. The molecule has 1 unspecified atom stereocenters. The van der Waals surface area contributed by atoms with E-state index in [2.05, 4.69) is 5.32 Å². The summed E-state index contributed by atoms with van der Waals surface area (Å²) in [6.45, 7) is 7.78. The first-order valence-electron chi connectivity index (χ1n) is 12.4. The molecule has 39 heavy (non-hydrogen) atoms. The summed E-state index contributed by atoms with van der Waals surface area (Å²) in [5.41, 5.74) is 0.408. The summed E-state index contributed by atoms with van der Waals surface area (Å²) < 4.78 is 43.2. The van der Waals surface area contributed by atoms with E-state index in [0.717, 1.165) is 4.31 Å². The highest BCUT2D eigenvalue weighted by molar-refractivity contribution is 7.92. The summed E-state index contributed by atoms with van der Waals surface area (Å²) in [7, 11) is -4.21. The van der Waals surface area contributed by atoms with Gasteiger partial charge in [-0.25, -0.2) is 12.8 Å². The second-order valence-electron chi connectivity index (χ2n) is 10.3. The number of aryl methyl sites for hydroxylation is 1. The Hall–Kier alpha value is -3.43. The van der Waals surface area contributed by atoms with E-state index in [9.17, 15) is 22.4 Å². The van der Waals surface area contributed by atoms with E-state index < -0.39 is 45.8 Å². The Kier molecular flexibility index (Phi) is 9.40. The third-order valence-electron chi connectivity index (χ3n) is 6.00. The summed E-state index contributed by atoms with van der Waals surface area (Å²) in [5, 5.41) is 3.25. The lowest BCUT2D eigenvalue weighted by Gasteiger charge is -2.34. The number of benzene rings is 3. The minimum atomic E-state index is -4.21. The molecule has 0 aliphatic heterocycles. The highest BCUT2D eigenvalue weighted by Gasteiger charge is 2.34. The molecule has 208 valence electrons. The van der Waals surface area contributed by atoms with Crippen molar-refractivity contribution >= 4 is 39.1 Å². The molecule has 3 rings (SSSR count). The number of nitrogens with one attached hydrogen (secondary N) is 1. The number of halogens is 2. The number of hydrogen-bond donors (Lipinski definition) is 1. The van der Waals surface area contributed by atoms with E-state index in [1.807, 2.05) is 0 Å². The fraction of sp³-hybridized carbons (Fsp3) is 0.310. The zero-order valence-corrected chi connectivity index (χ0v) is 24.2. The largest absolute Gasteiger partial charge is 0.350 e. The van der Waals surface area contributed by atoms with Crippen LogP contribution in [0.25, 0.3) is 0 Å². The van der Waals surface area contributed by atoms with Crippen molar-refractivity contribution in [3.63, 3.8) is 0 Å². The number of carbonyl (C=O) groups excluding carboxylic acids is 2. The smallest absolute Gasteiger partial charge is 0.264 e. The lowest BCUT2D eigenvalue weighted by Crippen LogP contribution is -2.54. The van der Waals surface area contributed by atoms with Crippen LogP contribution in [0, 0.1) is 12.7 Å². The minimum absolute atomic E-state index is 0.00803. The van der Waals surface area contributed by atoms with Crippen molar-refractivity contribution in [2.45, 2.75) is 57.6 Å². The first-order chi connectivity index (χ1) is 18.2. The first kappa shape index (κ1) is 30.1. The molecule has 0 aliphatic rings. The summed E-state index contributed by atoms with van der Waals surface area (Å²) in [5.74, 6) is -1.67. The number of anilines is 1. The number of sulfonamides is 1. The van der Waals surface area contributed by atoms with Gasteiger partial charge in [-0.3, -0.25) is 13.9 Å². The first-order valence-corrected chi connectivity index (χ1v) is 14.2. The quantitative estimate of drug-likeness (QED) is 0.376. The van der Waals surface area contributed by atoms with Crippen molar-refractivity contribution in [1.82, 2.24) is 10.2 Å². The Bertz CT molecular complexity index is 1440. The molecule has 3 aromatic rings. The van der Waals surface area contributed by atoms with Crippen LogP contribution >= 0.6 is 11.6 Å². The highest BCUT2D eigenvalue weighted by atomic mass is 35.5. The van der Waals surface area contributed by atoms with Crippen molar-refractivity contribution in [3.05, 3.63) is 94.8 Å². The van der Waals surface area contributed by atoms with Crippen LogP contribution in [-0.4, -0.2) is 43.3 Å². The zero-order valence-electron chi connectivity index (χ0n) is 22.6. The molecule has 0 aliphatic carbocycles. The molecular formula is C29H33ClFN3O4S. The van der Waals surface area contributed by atoms with Gasteiger partial charge in [0.05, 0.1) is 10.6 Å². The zero-order chi connectivity index (χ0) is 29.0. The fourth-order valence-electron chi connectivity index (χ4n) is 4.00. The molecular weight excluding hydrogens is 541 g/mol. The Morgan fingerprint density at radius 3 is 2.21 bits per heavy atom. The molecule has 0 heterocycles. The van der Waals surface area contributed by atoms with Gasteiger partial charge in [-0.15, -0.1) is 0 Å². The third-order valence-corrected chi connectivity index (χ3v) is 8.01. The summed E-state index contributed by atoms with van der Waals surface area (Å²) in [6.07, 6.45) is 0. The second kappa shape index (κ2) is 12.2. The molecule has 1 atom stereocenters. The summed E-state index contributed by atoms with van der Waals surface area (Å²) in [6, 6.07) is 17.3. The van der Waals surface area contributed by atoms with Crippen LogP contribution in [-0.2, 0) is 26.2 Å². The maximum Gasteiger partial charge on any atom is 0.264 e. The van der Waals surface area contributed by atoms with Gasteiger partial charge in [-0.2, -0.15) is 0 Å². The topological polar surface area (TPSA) is 86.8 Å². The summed E-state index contributed by atoms with van der Waals surface area (Å²) >= 11 is 6.12. The average molecular weight is 574 g/mol. The standard InChI is InChI=1S/C29H33ClFN3O4S/c1-20-17-23(30)15-16-26(20)34(39(37,38)24-12-7-6-8-13-24)19-27(35)33(18-22-11-9-10-14-25(22)31)21(2)28(36)32-29(3,4)5/h6-17,21H,18-19H2,1-5H3,(H,32,36). The van der Waals surface area contributed by atoms with Crippen LogP contribution in [0.2, 0.25) is 5.02 Å². The Balaban J connectivity index is 2.07. The fourth-order valence-corrected chi connectivity index (χ4v) is 5.72. The molecule has 2 amide bonds. The molecule has 0 saturated carbocycles. The van der Waals surface area contributed by atoms with Gasteiger partial charge in [-0.05, 0) is 76.6 Å².